The first-order valence-corrected chi connectivity index (χ1v) is 5.97. The van der Waals surface area contributed by atoms with Crippen molar-refractivity contribution in [3.63, 3.8) is 0 Å². The molecule has 0 saturated heterocycles. The molecule has 0 bridgehead atoms. The molecular weight excluding hydrogens is 353 g/mol. The van der Waals surface area contributed by atoms with Crippen LogP contribution in [0, 0.1) is 6.92 Å². The van der Waals surface area contributed by atoms with E-state index in [0.29, 0.717) is 5.56 Å². The molecule has 0 aliphatic heterocycles. The summed E-state index contributed by atoms with van der Waals surface area (Å²) < 4.78 is 41.8. The average Bonchev–Trinajstić information content (AvgIpc) is 2.12. The van der Waals surface area contributed by atoms with Crippen LogP contribution < -0.4 is 0 Å². The van der Waals surface area contributed by atoms with E-state index in [4.69, 9.17) is 0 Å². The first-order chi connectivity index (χ1) is 7.29. The molecule has 1 aromatic carbocycles. The van der Waals surface area contributed by atoms with Crippen LogP contribution in [0.5, 0.6) is 0 Å². The Labute approximate surface area is 108 Å². The number of halogens is 5. The second-order valence-corrected chi connectivity index (χ2v) is 5.00. The molecule has 0 aromatic heterocycles. The molecule has 0 unspecified atom stereocenters. The predicted octanol–water partition coefficient (Wildman–Crippen LogP) is 4.60. The summed E-state index contributed by atoms with van der Waals surface area (Å²) in [6, 6.07) is 3.49. The van der Waals surface area contributed by atoms with Crippen LogP contribution in [0.15, 0.2) is 21.1 Å². The van der Waals surface area contributed by atoms with Gasteiger partial charge in [-0.05, 0) is 30.2 Å². The van der Waals surface area contributed by atoms with Crippen LogP contribution in [-0.2, 0) is 11.3 Å². The maximum Gasteiger partial charge on any atom is 0.411 e. The van der Waals surface area contributed by atoms with Gasteiger partial charge in [0.1, 0.15) is 6.61 Å². The molecule has 0 saturated carbocycles. The van der Waals surface area contributed by atoms with Crippen LogP contribution in [0.3, 0.4) is 0 Å². The van der Waals surface area contributed by atoms with E-state index in [9.17, 15) is 13.2 Å². The topological polar surface area (TPSA) is 9.23 Å². The van der Waals surface area contributed by atoms with E-state index in [2.05, 4.69) is 36.6 Å². The van der Waals surface area contributed by atoms with Crippen molar-refractivity contribution in [1.29, 1.82) is 0 Å². The Morgan fingerprint density at radius 3 is 2.12 bits per heavy atom. The normalized spacial score (nSPS) is 11.9. The third kappa shape index (κ3) is 4.43. The number of ether oxygens (including phenoxy) is 1. The summed E-state index contributed by atoms with van der Waals surface area (Å²) in [7, 11) is 0. The third-order valence-electron chi connectivity index (χ3n) is 1.88. The zero-order valence-electron chi connectivity index (χ0n) is 8.37. The number of alkyl halides is 3. The highest BCUT2D eigenvalue weighted by Gasteiger charge is 2.27. The van der Waals surface area contributed by atoms with Gasteiger partial charge in [0.15, 0.2) is 0 Å². The molecule has 1 aromatic rings. The van der Waals surface area contributed by atoms with Crippen LogP contribution >= 0.6 is 31.9 Å². The molecule has 16 heavy (non-hydrogen) atoms. The second kappa shape index (κ2) is 5.51. The molecule has 1 nitrogen and oxygen atoms in total. The van der Waals surface area contributed by atoms with Gasteiger partial charge in [0.25, 0.3) is 0 Å². The molecule has 0 heterocycles. The molecule has 0 N–H and O–H groups in total. The molecule has 0 radical (unpaired) electrons. The van der Waals surface area contributed by atoms with Gasteiger partial charge in [0, 0.05) is 8.95 Å². The lowest BCUT2D eigenvalue weighted by Crippen LogP contribution is -2.16. The van der Waals surface area contributed by atoms with Crippen LogP contribution in [0.4, 0.5) is 13.2 Å². The van der Waals surface area contributed by atoms with Crippen LogP contribution in [0.2, 0.25) is 0 Å². The van der Waals surface area contributed by atoms with Gasteiger partial charge >= 0.3 is 6.18 Å². The summed E-state index contributed by atoms with van der Waals surface area (Å²) in [4.78, 5) is 0. The smallest absolute Gasteiger partial charge is 0.367 e. The fourth-order valence-electron chi connectivity index (χ4n) is 1.07. The fraction of sp³-hybridized carbons (Fsp3) is 0.400. The number of benzene rings is 1. The highest BCUT2D eigenvalue weighted by molar-refractivity contribution is 9.11. The zero-order chi connectivity index (χ0) is 12.3. The summed E-state index contributed by atoms with van der Waals surface area (Å²) in [5.74, 6) is 0. The Morgan fingerprint density at radius 1 is 1.19 bits per heavy atom. The van der Waals surface area contributed by atoms with Crippen LogP contribution in [0.1, 0.15) is 11.1 Å². The first kappa shape index (κ1) is 14.0. The minimum Gasteiger partial charge on any atom is -0.367 e. The Kier molecular flexibility index (Phi) is 4.82. The first-order valence-electron chi connectivity index (χ1n) is 4.38. The lowest BCUT2D eigenvalue weighted by atomic mass is 10.2. The SMILES string of the molecule is Cc1c(Br)cc(COCC(F)(F)F)cc1Br. The Balaban J connectivity index is 2.62. The highest BCUT2D eigenvalue weighted by Crippen LogP contribution is 2.27. The van der Waals surface area contributed by atoms with Crippen LogP contribution in [0.25, 0.3) is 0 Å². The molecule has 0 aliphatic carbocycles. The summed E-state index contributed by atoms with van der Waals surface area (Å²) in [5, 5.41) is 0. The number of rotatable bonds is 3. The lowest BCUT2D eigenvalue weighted by molar-refractivity contribution is -0.176. The van der Waals surface area contributed by atoms with Gasteiger partial charge < -0.3 is 4.74 Å². The van der Waals surface area contributed by atoms with Crippen molar-refractivity contribution >= 4 is 31.9 Å². The number of hydrogen-bond donors (Lipinski definition) is 0. The maximum absolute atomic E-state index is 11.8. The minimum atomic E-state index is -4.28. The molecule has 6 heteroatoms. The van der Waals surface area contributed by atoms with Crippen molar-refractivity contribution in [2.24, 2.45) is 0 Å². The molecule has 0 fully saturated rings. The summed E-state index contributed by atoms with van der Waals surface area (Å²) in [6.07, 6.45) is -4.28. The van der Waals surface area contributed by atoms with Gasteiger partial charge in [-0.3, -0.25) is 0 Å². The van der Waals surface area contributed by atoms with Gasteiger partial charge in [0.05, 0.1) is 6.61 Å². The maximum atomic E-state index is 11.8. The van der Waals surface area contributed by atoms with Gasteiger partial charge in [0.2, 0.25) is 0 Å². The van der Waals surface area contributed by atoms with E-state index >= 15 is 0 Å². The number of hydrogen-bond acceptors (Lipinski definition) is 1. The minimum absolute atomic E-state index is 0.0585. The Morgan fingerprint density at radius 2 is 1.69 bits per heavy atom. The summed E-state index contributed by atoms with van der Waals surface area (Å²) in [5.41, 5.74) is 1.69. The van der Waals surface area contributed by atoms with Gasteiger partial charge in [-0.2, -0.15) is 13.2 Å². The standard InChI is InChI=1S/C10H9Br2F3O/c1-6-8(11)2-7(3-9(6)12)4-16-5-10(13,14)15/h2-3H,4-5H2,1H3. The quantitative estimate of drug-likeness (QED) is 0.764. The van der Waals surface area contributed by atoms with Crippen LogP contribution in [-0.4, -0.2) is 12.8 Å². The molecule has 0 atom stereocenters. The fourth-order valence-corrected chi connectivity index (χ4v) is 2.35. The monoisotopic (exact) mass is 360 g/mol. The predicted molar refractivity (Wildman–Crippen MR) is 62.3 cm³/mol. The van der Waals surface area contributed by atoms with Crippen molar-refractivity contribution in [3.8, 4) is 0 Å². The van der Waals surface area contributed by atoms with E-state index in [1.54, 1.807) is 12.1 Å². The average molecular weight is 362 g/mol. The molecule has 0 aliphatic rings. The zero-order valence-corrected chi connectivity index (χ0v) is 11.5. The van der Waals surface area contributed by atoms with Crippen molar-refractivity contribution in [1.82, 2.24) is 0 Å². The second-order valence-electron chi connectivity index (χ2n) is 3.29. The van der Waals surface area contributed by atoms with E-state index in [0.717, 1.165) is 14.5 Å². The molecule has 0 spiro atoms. The highest BCUT2D eigenvalue weighted by atomic mass is 79.9. The van der Waals surface area contributed by atoms with E-state index in [1.807, 2.05) is 6.92 Å². The van der Waals surface area contributed by atoms with Crippen molar-refractivity contribution in [2.75, 3.05) is 6.61 Å². The Bertz CT molecular complexity index is 354. The van der Waals surface area contributed by atoms with E-state index < -0.39 is 12.8 Å². The van der Waals surface area contributed by atoms with Gasteiger partial charge in [-0.1, -0.05) is 31.9 Å². The molecule has 90 valence electrons. The van der Waals surface area contributed by atoms with Crippen molar-refractivity contribution < 1.29 is 17.9 Å². The molecular formula is C10H9Br2F3O. The van der Waals surface area contributed by atoms with E-state index in [-0.39, 0.29) is 6.61 Å². The van der Waals surface area contributed by atoms with Gasteiger partial charge in [-0.15, -0.1) is 0 Å². The third-order valence-corrected chi connectivity index (χ3v) is 3.52. The Hall–Kier alpha value is -0.0700. The van der Waals surface area contributed by atoms with Crippen molar-refractivity contribution in [3.05, 3.63) is 32.2 Å². The van der Waals surface area contributed by atoms with Gasteiger partial charge in [-0.25, -0.2) is 0 Å². The lowest BCUT2D eigenvalue weighted by Gasteiger charge is -2.09. The van der Waals surface area contributed by atoms with E-state index in [1.165, 1.54) is 0 Å². The van der Waals surface area contributed by atoms with Crippen molar-refractivity contribution in [2.45, 2.75) is 19.7 Å². The largest absolute Gasteiger partial charge is 0.411 e. The molecule has 1 rings (SSSR count). The summed E-state index contributed by atoms with van der Waals surface area (Å²) >= 11 is 6.64. The molecule has 0 amide bonds. The summed E-state index contributed by atoms with van der Waals surface area (Å²) in [6.45, 7) is 0.613.